The number of benzene rings is 1. The Bertz CT molecular complexity index is 528. The highest BCUT2D eigenvalue weighted by Gasteiger charge is 2.12. The molecule has 0 saturated heterocycles. The van der Waals surface area contributed by atoms with Gasteiger partial charge in [-0.1, -0.05) is 41.7 Å². The van der Waals surface area contributed by atoms with Crippen molar-refractivity contribution in [3.63, 3.8) is 0 Å². The lowest BCUT2D eigenvalue weighted by atomic mass is 10.2. The molecule has 0 amide bonds. The Morgan fingerprint density at radius 1 is 1.25 bits per heavy atom. The summed E-state index contributed by atoms with van der Waals surface area (Å²) in [5.74, 6) is 0.648. The van der Waals surface area contributed by atoms with Crippen LogP contribution in [0.4, 0.5) is 5.13 Å². The number of nitrogens with zero attached hydrogens (tertiary/aromatic N) is 2. The molecule has 1 N–H and O–H groups in total. The van der Waals surface area contributed by atoms with Gasteiger partial charge in [-0.2, -0.15) is 10.5 Å². The highest BCUT2D eigenvalue weighted by molar-refractivity contribution is 7.15. The summed E-state index contributed by atoms with van der Waals surface area (Å²) < 4.78 is 5.27. The molecule has 0 aliphatic carbocycles. The maximum Gasteiger partial charge on any atom is 0.230 e. The van der Waals surface area contributed by atoms with Gasteiger partial charge in [0.1, 0.15) is 0 Å². The maximum absolute atomic E-state index is 5.45. The predicted molar refractivity (Wildman–Crippen MR) is 81.1 cm³/mol. The lowest BCUT2D eigenvalue weighted by Gasteiger charge is -2.05. The van der Waals surface area contributed by atoms with Crippen molar-refractivity contribution in [2.75, 3.05) is 26.1 Å². The number of nitrogens with one attached hydrogen (secondary N) is 1. The average Bonchev–Trinajstić information content (AvgIpc) is 2.88. The van der Waals surface area contributed by atoms with Crippen LogP contribution >= 0.6 is 11.3 Å². The van der Waals surface area contributed by atoms with E-state index >= 15 is 0 Å². The first-order valence-corrected chi connectivity index (χ1v) is 7.12. The summed E-state index contributed by atoms with van der Waals surface area (Å²) in [6.45, 7) is 1.10. The van der Waals surface area contributed by atoms with Crippen LogP contribution in [0.5, 0.6) is 5.88 Å². The minimum atomic E-state index is 0.530. The summed E-state index contributed by atoms with van der Waals surface area (Å²) in [4.78, 5) is 12.8. The Morgan fingerprint density at radius 2 is 2.00 bits per heavy atom. The van der Waals surface area contributed by atoms with Crippen LogP contribution in [0.2, 0.25) is 0 Å². The van der Waals surface area contributed by atoms with Gasteiger partial charge in [0.25, 0.3) is 0 Å². The number of hydrogen-bond donors (Lipinski definition) is 1. The van der Waals surface area contributed by atoms with Crippen LogP contribution in [0, 0.1) is 0 Å². The van der Waals surface area contributed by atoms with Crippen molar-refractivity contribution in [1.82, 2.24) is 10.5 Å². The fourth-order valence-electron chi connectivity index (χ4n) is 1.61. The van der Waals surface area contributed by atoms with Crippen molar-refractivity contribution in [2.24, 2.45) is 0 Å². The van der Waals surface area contributed by atoms with Crippen LogP contribution in [-0.2, 0) is 18.0 Å². The van der Waals surface area contributed by atoms with Crippen molar-refractivity contribution in [3.8, 4) is 5.88 Å². The first-order chi connectivity index (χ1) is 9.70. The van der Waals surface area contributed by atoms with Crippen molar-refractivity contribution < 1.29 is 9.57 Å². The van der Waals surface area contributed by atoms with Crippen molar-refractivity contribution >= 4 is 16.5 Å². The molecule has 0 bridgehead atoms. The molecule has 0 fully saturated rings. The Morgan fingerprint density at radius 3 is 2.65 bits per heavy atom. The summed E-state index contributed by atoms with van der Waals surface area (Å²) in [6.07, 6.45) is 0. The highest BCUT2D eigenvalue weighted by Crippen LogP contribution is 2.30. The number of anilines is 1. The fourth-order valence-corrected chi connectivity index (χ4v) is 2.49. The second-order valence-corrected chi connectivity index (χ2v) is 5.48. The molecule has 0 unspecified atom stereocenters. The van der Waals surface area contributed by atoms with Gasteiger partial charge < -0.3 is 9.64 Å². The lowest BCUT2D eigenvalue weighted by Crippen LogP contribution is -2.13. The van der Waals surface area contributed by atoms with Gasteiger partial charge >= 0.3 is 0 Å². The molecule has 1 aromatic heterocycles. The number of methoxy groups -OCH3 is 1. The molecular weight excluding hydrogens is 274 g/mol. The Kier molecular flexibility index (Phi) is 5.34. The van der Waals surface area contributed by atoms with Crippen LogP contribution in [0.3, 0.4) is 0 Å². The number of aromatic nitrogens is 1. The van der Waals surface area contributed by atoms with E-state index in [1.165, 1.54) is 0 Å². The van der Waals surface area contributed by atoms with E-state index in [0.29, 0.717) is 19.0 Å². The largest absolute Gasteiger partial charge is 0.480 e. The van der Waals surface area contributed by atoms with E-state index in [1.807, 2.05) is 49.3 Å². The van der Waals surface area contributed by atoms with Gasteiger partial charge in [-0.15, -0.1) is 0 Å². The molecule has 0 atom stereocenters. The SMILES string of the molecule is COc1nc(N(C)C)sc1CNOCc1ccccc1. The van der Waals surface area contributed by atoms with E-state index in [9.17, 15) is 0 Å². The third-order valence-corrected chi connectivity index (χ3v) is 3.85. The van der Waals surface area contributed by atoms with E-state index in [1.54, 1.807) is 18.4 Å². The molecule has 0 radical (unpaired) electrons. The Hall–Kier alpha value is -1.63. The minimum Gasteiger partial charge on any atom is -0.480 e. The third-order valence-electron chi connectivity index (χ3n) is 2.64. The van der Waals surface area contributed by atoms with E-state index in [0.717, 1.165) is 15.6 Å². The molecule has 6 heteroatoms. The average molecular weight is 293 g/mol. The fraction of sp³-hybridized carbons (Fsp3) is 0.357. The molecule has 1 aromatic carbocycles. The molecular formula is C14H19N3O2S. The Labute approximate surface area is 123 Å². The monoisotopic (exact) mass is 293 g/mol. The summed E-state index contributed by atoms with van der Waals surface area (Å²) in [5.41, 5.74) is 4.08. The van der Waals surface area contributed by atoms with Gasteiger partial charge in [0, 0.05) is 14.1 Å². The molecule has 5 nitrogen and oxygen atoms in total. The molecule has 108 valence electrons. The summed E-state index contributed by atoms with van der Waals surface area (Å²) in [7, 11) is 5.55. The van der Waals surface area contributed by atoms with Gasteiger partial charge in [0.2, 0.25) is 5.88 Å². The van der Waals surface area contributed by atoms with Crippen molar-refractivity contribution in [1.29, 1.82) is 0 Å². The van der Waals surface area contributed by atoms with Crippen molar-refractivity contribution in [3.05, 3.63) is 40.8 Å². The van der Waals surface area contributed by atoms with Gasteiger partial charge in [-0.3, -0.25) is 4.84 Å². The molecule has 2 rings (SSSR count). The number of rotatable bonds is 7. The normalized spacial score (nSPS) is 10.6. The topological polar surface area (TPSA) is 46.6 Å². The second-order valence-electron chi connectivity index (χ2n) is 4.42. The zero-order chi connectivity index (χ0) is 14.4. The summed E-state index contributed by atoms with van der Waals surface area (Å²) >= 11 is 1.59. The summed E-state index contributed by atoms with van der Waals surface area (Å²) in [6, 6.07) is 10.0. The minimum absolute atomic E-state index is 0.530. The number of hydrogen-bond acceptors (Lipinski definition) is 6. The van der Waals surface area contributed by atoms with E-state index in [2.05, 4.69) is 10.5 Å². The molecule has 0 aliphatic rings. The lowest BCUT2D eigenvalue weighted by molar-refractivity contribution is 0.0237. The van der Waals surface area contributed by atoms with Crippen molar-refractivity contribution in [2.45, 2.75) is 13.2 Å². The smallest absolute Gasteiger partial charge is 0.230 e. The standard InChI is InChI=1S/C14H19N3O2S/c1-17(2)14-16-13(18-3)12(20-14)9-15-19-10-11-7-5-4-6-8-11/h4-8,15H,9-10H2,1-3H3. The predicted octanol–water partition coefficient (Wildman–Crippen LogP) is 2.44. The van der Waals surface area contributed by atoms with Gasteiger partial charge in [-0.25, -0.2) is 0 Å². The quantitative estimate of drug-likeness (QED) is 0.627. The van der Waals surface area contributed by atoms with E-state index in [4.69, 9.17) is 9.57 Å². The molecule has 2 aromatic rings. The molecule has 1 heterocycles. The first-order valence-electron chi connectivity index (χ1n) is 6.30. The van der Waals surface area contributed by atoms with Crippen LogP contribution in [0.25, 0.3) is 0 Å². The van der Waals surface area contributed by atoms with Gasteiger partial charge in [-0.05, 0) is 5.56 Å². The highest BCUT2D eigenvalue weighted by atomic mass is 32.1. The summed E-state index contributed by atoms with van der Waals surface area (Å²) in [5, 5.41) is 0.918. The molecule has 0 aliphatic heterocycles. The second kappa shape index (κ2) is 7.23. The Balaban J connectivity index is 1.84. The molecule has 0 spiro atoms. The van der Waals surface area contributed by atoms with Crippen LogP contribution in [0.15, 0.2) is 30.3 Å². The van der Waals surface area contributed by atoms with Crippen LogP contribution in [-0.4, -0.2) is 26.2 Å². The van der Waals surface area contributed by atoms with E-state index < -0.39 is 0 Å². The number of hydroxylamine groups is 1. The first kappa shape index (κ1) is 14.8. The molecule has 0 saturated carbocycles. The zero-order valence-corrected chi connectivity index (χ0v) is 12.7. The third kappa shape index (κ3) is 3.93. The maximum atomic E-state index is 5.45. The molecule has 20 heavy (non-hydrogen) atoms. The van der Waals surface area contributed by atoms with Crippen LogP contribution in [0.1, 0.15) is 10.4 Å². The van der Waals surface area contributed by atoms with Crippen LogP contribution < -0.4 is 15.1 Å². The number of ether oxygens (including phenoxy) is 1. The van der Waals surface area contributed by atoms with Gasteiger partial charge in [0.05, 0.1) is 25.1 Å². The van der Waals surface area contributed by atoms with Gasteiger partial charge in [0.15, 0.2) is 5.13 Å². The number of thiazole rings is 1. The van der Waals surface area contributed by atoms with E-state index in [-0.39, 0.29) is 0 Å². The zero-order valence-electron chi connectivity index (χ0n) is 11.9.